The van der Waals surface area contributed by atoms with Crippen molar-refractivity contribution in [1.82, 2.24) is 3.97 Å². The third-order valence-corrected chi connectivity index (χ3v) is 8.41. The number of nitrogens with zero attached hydrogens (tertiary/aromatic N) is 2. The summed E-state index contributed by atoms with van der Waals surface area (Å²) in [4.78, 5) is 37.9. The molecular weight excluding hydrogens is 548 g/mol. The smallest absolute Gasteiger partial charge is 0.321 e. The van der Waals surface area contributed by atoms with Gasteiger partial charge in [-0.3, -0.25) is 19.7 Å². The van der Waals surface area contributed by atoms with E-state index >= 15 is 0 Å². The second-order valence-electron chi connectivity index (χ2n) is 9.33. The van der Waals surface area contributed by atoms with Crippen LogP contribution < -0.4 is 0 Å². The van der Waals surface area contributed by atoms with Gasteiger partial charge in [0.15, 0.2) is 5.92 Å². The minimum atomic E-state index is -4.27. The van der Waals surface area contributed by atoms with Crippen molar-refractivity contribution in [3.8, 4) is 11.3 Å². The molecule has 0 amide bonds. The number of aryl methyl sites for hydroxylation is 1. The van der Waals surface area contributed by atoms with E-state index in [2.05, 4.69) is 0 Å². The number of esters is 2. The van der Waals surface area contributed by atoms with Crippen LogP contribution in [-0.4, -0.2) is 49.0 Å². The summed E-state index contributed by atoms with van der Waals surface area (Å²) in [5.74, 6) is -5.12. The Kier molecular flexibility index (Phi) is 8.87. The molecule has 1 heterocycles. The molecule has 41 heavy (non-hydrogen) atoms. The lowest BCUT2D eigenvalue weighted by Crippen LogP contribution is -2.36. The van der Waals surface area contributed by atoms with Gasteiger partial charge in [-0.2, -0.15) is 0 Å². The number of hydrogen-bond donors (Lipinski definition) is 0. The zero-order chi connectivity index (χ0) is 29.7. The second-order valence-corrected chi connectivity index (χ2v) is 11.1. The van der Waals surface area contributed by atoms with Crippen molar-refractivity contribution in [2.24, 2.45) is 5.92 Å². The first-order chi connectivity index (χ1) is 19.6. The van der Waals surface area contributed by atoms with Crippen molar-refractivity contribution in [2.75, 3.05) is 19.8 Å². The van der Waals surface area contributed by atoms with Gasteiger partial charge in [-0.25, -0.2) is 12.4 Å². The van der Waals surface area contributed by atoms with Gasteiger partial charge >= 0.3 is 11.9 Å². The van der Waals surface area contributed by atoms with Crippen LogP contribution in [0.25, 0.3) is 22.2 Å². The van der Waals surface area contributed by atoms with Crippen LogP contribution in [0.5, 0.6) is 0 Å². The maximum absolute atomic E-state index is 14.3. The van der Waals surface area contributed by atoms with Gasteiger partial charge in [-0.15, -0.1) is 0 Å². The fourth-order valence-corrected chi connectivity index (χ4v) is 6.51. The van der Waals surface area contributed by atoms with Crippen LogP contribution in [0.1, 0.15) is 30.9 Å². The quantitative estimate of drug-likeness (QED) is 0.106. The Labute approximate surface area is 237 Å². The first kappa shape index (κ1) is 29.5. The van der Waals surface area contributed by atoms with E-state index in [9.17, 15) is 28.1 Å². The van der Waals surface area contributed by atoms with Crippen LogP contribution in [0, 0.1) is 23.0 Å². The van der Waals surface area contributed by atoms with Crippen LogP contribution in [0.15, 0.2) is 83.8 Å². The molecule has 10 nitrogen and oxygen atoms in total. The summed E-state index contributed by atoms with van der Waals surface area (Å²) in [6.45, 7) is 3.93. The van der Waals surface area contributed by atoms with Crippen LogP contribution >= 0.6 is 0 Å². The molecule has 0 N–H and O–H groups in total. The molecule has 4 rings (SSSR count). The number of carbonyl (C=O) groups excluding carboxylic acids is 2. The van der Waals surface area contributed by atoms with Crippen molar-refractivity contribution in [3.63, 3.8) is 0 Å². The molecule has 11 heteroatoms. The Balaban J connectivity index is 2.16. The second kappa shape index (κ2) is 12.3. The first-order valence-electron chi connectivity index (χ1n) is 13.1. The van der Waals surface area contributed by atoms with Gasteiger partial charge in [-0.05, 0) is 50.1 Å². The maximum atomic E-state index is 14.3. The SMILES string of the molecule is CCOC(=O)C(C(=O)OCC)C(C[N+](=O)[O-])c1c(-c2ccccc2)n(S(=O)(=O)c2ccc(C)cc2)c2ccccc12. The lowest BCUT2D eigenvalue weighted by molar-refractivity contribution is -0.484. The Morgan fingerprint density at radius 1 is 0.878 bits per heavy atom. The zero-order valence-corrected chi connectivity index (χ0v) is 23.7. The summed E-state index contributed by atoms with van der Waals surface area (Å²) in [5, 5.41) is 12.4. The summed E-state index contributed by atoms with van der Waals surface area (Å²) in [5.41, 5.74) is 1.79. The Hall–Kier alpha value is -4.51. The molecule has 0 aliphatic heterocycles. The molecule has 1 atom stereocenters. The molecule has 3 aromatic carbocycles. The van der Waals surface area contributed by atoms with Gasteiger partial charge in [0.25, 0.3) is 10.0 Å². The van der Waals surface area contributed by atoms with Gasteiger partial charge < -0.3 is 9.47 Å². The van der Waals surface area contributed by atoms with Crippen LogP contribution in [0.4, 0.5) is 0 Å². The number of aromatic nitrogens is 1. The minimum absolute atomic E-state index is 0.00532. The predicted molar refractivity (Wildman–Crippen MR) is 152 cm³/mol. The van der Waals surface area contributed by atoms with E-state index in [-0.39, 0.29) is 34.9 Å². The lowest BCUT2D eigenvalue weighted by atomic mass is 9.83. The number of hydrogen-bond acceptors (Lipinski definition) is 8. The van der Waals surface area contributed by atoms with E-state index in [4.69, 9.17) is 9.47 Å². The van der Waals surface area contributed by atoms with Crippen molar-refractivity contribution in [3.05, 3.63) is 100 Å². The monoisotopic (exact) mass is 578 g/mol. The predicted octanol–water partition coefficient (Wildman–Crippen LogP) is 4.96. The van der Waals surface area contributed by atoms with Crippen LogP contribution in [0.2, 0.25) is 0 Å². The number of para-hydroxylation sites is 1. The highest BCUT2D eigenvalue weighted by Crippen LogP contribution is 2.43. The fraction of sp³-hybridized carbons (Fsp3) is 0.267. The van der Waals surface area contributed by atoms with Crippen molar-refractivity contribution >= 4 is 32.9 Å². The number of carbonyl (C=O) groups is 2. The van der Waals surface area contributed by atoms with E-state index < -0.39 is 45.3 Å². The largest absolute Gasteiger partial charge is 0.465 e. The number of fused-ring (bicyclic) bond motifs is 1. The Morgan fingerprint density at radius 2 is 1.44 bits per heavy atom. The molecule has 0 fully saturated rings. The zero-order valence-electron chi connectivity index (χ0n) is 22.9. The number of ether oxygens (including phenoxy) is 2. The Bertz CT molecular complexity index is 1660. The number of nitro groups is 1. The number of rotatable bonds is 11. The summed E-state index contributed by atoms with van der Waals surface area (Å²) in [7, 11) is -4.27. The highest BCUT2D eigenvalue weighted by atomic mass is 32.2. The van der Waals surface area contributed by atoms with E-state index in [0.29, 0.717) is 10.9 Å². The summed E-state index contributed by atoms with van der Waals surface area (Å²) >= 11 is 0. The summed E-state index contributed by atoms with van der Waals surface area (Å²) in [6, 6.07) is 21.4. The summed E-state index contributed by atoms with van der Waals surface area (Å²) in [6.07, 6.45) is 0. The molecule has 214 valence electrons. The normalized spacial score (nSPS) is 12.3. The third kappa shape index (κ3) is 5.85. The molecule has 0 radical (unpaired) electrons. The highest BCUT2D eigenvalue weighted by Gasteiger charge is 2.45. The molecule has 0 saturated carbocycles. The van der Waals surface area contributed by atoms with Gasteiger partial charge in [0.2, 0.25) is 6.54 Å². The van der Waals surface area contributed by atoms with E-state index in [1.807, 2.05) is 6.92 Å². The average molecular weight is 579 g/mol. The molecule has 0 aliphatic rings. The van der Waals surface area contributed by atoms with E-state index in [0.717, 1.165) is 9.54 Å². The average Bonchev–Trinajstić information content (AvgIpc) is 3.29. The Morgan fingerprint density at radius 3 is 2.00 bits per heavy atom. The molecule has 0 aliphatic carbocycles. The standard InChI is InChI=1S/C30H30N2O8S/c1-4-39-29(33)27(30(34)40-5-2)24(19-31(35)36)26-23-13-9-10-14-25(23)32(28(26)21-11-7-6-8-12-21)41(37,38)22-17-15-20(3)16-18-22/h6-18,24,27H,4-5,19H2,1-3H3. The topological polar surface area (TPSA) is 135 Å². The highest BCUT2D eigenvalue weighted by molar-refractivity contribution is 7.90. The van der Waals surface area contributed by atoms with Crippen LogP contribution in [0.3, 0.4) is 0 Å². The van der Waals surface area contributed by atoms with Crippen molar-refractivity contribution in [2.45, 2.75) is 31.6 Å². The van der Waals surface area contributed by atoms with E-state index in [1.54, 1.807) is 80.6 Å². The maximum Gasteiger partial charge on any atom is 0.321 e. The van der Waals surface area contributed by atoms with Gasteiger partial charge in [0.05, 0.1) is 35.2 Å². The third-order valence-electron chi connectivity index (χ3n) is 6.68. The van der Waals surface area contributed by atoms with Gasteiger partial charge in [-0.1, -0.05) is 66.2 Å². The minimum Gasteiger partial charge on any atom is -0.465 e. The molecular formula is C30H30N2O8S. The fourth-order valence-electron chi connectivity index (χ4n) is 4.96. The molecule has 1 unspecified atom stereocenters. The first-order valence-corrected chi connectivity index (χ1v) is 14.5. The molecule has 1 aromatic heterocycles. The van der Waals surface area contributed by atoms with Gasteiger partial charge in [0, 0.05) is 10.3 Å². The van der Waals surface area contributed by atoms with Crippen molar-refractivity contribution < 1.29 is 32.4 Å². The molecule has 0 saturated heterocycles. The lowest BCUT2D eigenvalue weighted by Gasteiger charge is -2.23. The van der Waals surface area contributed by atoms with Crippen LogP contribution in [-0.2, 0) is 29.1 Å². The molecule has 4 aromatic rings. The van der Waals surface area contributed by atoms with E-state index in [1.165, 1.54) is 12.1 Å². The molecule has 0 bridgehead atoms. The van der Waals surface area contributed by atoms with Gasteiger partial charge in [0.1, 0.15) is 0 Å². The number of benzene rings is 3. The summed E-state index contributed by atoms with van der Waals surface area (Å²) < 4.78 is 40.1. The molecule has 0 spiro atoms. The van der Waals surface area contributed by atoms with Crippen molar-refractivity contribution in [1.29, 1.82) is 0 Å².